The average Bonchev–Trinajstić information content (AvgIpc) is 2.90. The standard InChI is InChI=1S/C30H34N6O3/c1-2-38-28(37)8-6-21-5-7-23(14-26(21)39-12-11-31)34-27-15-25(33)24(18-32)29(35-27)36-30-10-9-20-4-3-19(16-30)13-22(20)17-30/h5-8,14-15,19-20,22H,2-4,9-10,12-13,16-17H2,1H3,(H4,33,34,35,36)/b8-6+. The van der Waals surface area contributed by atoms with Crippen molar-refractivity contribution in [2.45, 2.75) is 57.4 Å². The lowest BCUT2D eigenvalue weighted by molar-refractivity contribution is -0.137. The van der Waals surface area contributed by atoms with Crippen LogP contribution in [0.1, 0.15) is 63.0 Å². The molecule has 202 valence electrons. The average molecular weight is 527 g/mol. The van der Waals surface area contributed by atoms with E-state index in [1.165, 1.54) is 31.8 Å². The van der Waals surface area contributed by atoms with Crippen molar-refractivity contribution in [3.63, 3.8) is 0 Å². The van der Waals surface area contributed by atoms with Gasteiger partial charge in [-0.2, -0.15) is 10.5 Å². The molecule has 3 saturated carbocycles. The summed E-state index contributed by atoms with van der Waals surface area (Å²) < 4.78 is 10.5. The Kier molecular flexibility index (Phi) is 7.60. The molecule has 1 heterocycles. The number of carbonyl (C=O) groups is 1. The quantitative estimate of drug-likeness (QED) is 0.283. The van der Waals surface area contributed by atoms with Gasteiger partial charge in [-0.3, -0.25) is 0 Å². The number of ether oxygens (including phenoxy) is 2. The van der Waals surface area contributed by atoms with E-state index in [0.717, 1.165) is 37.0 Å². The van der Waals surface area contributed by atoms with Gasteiger partial charge in [0.25, 0.3) is 0 Å². The molecule has 0 aliphatic heterocycles. The first kappa shape index (κ1) is 26.4. The second-order valence-corrected chi connectivity index (χ2v) is 10.9. The van der Waals surface area contributed by atoms with E-state index in [1.807, 2.05) is 12.1 Å². The van der Waals surface area contributed by atoms with Gasteiger partial charge in [-0.25, -0.2) is 9.78 Å². The van der Waals surface area contributed by atoms with Gasteiger partial charge in [-0.05, 0) is 81.4 Å². The van der Waals surface area contributed by atoms with E-state index in [1.54, 1.807) is 31.2 Å². The number of nitrogen functional groups attached to an aromatic ring is 1. The number of nitrogens with two attached hydrogens (primary N) is 1. The van der Waals surface area contributed by atoms with Gasteiger partial charge in [0, 0.05) is 35.0 Å². The van der Waals surface area contributed by atoms with Gasteiger partial charge < -0.3 is 25.8 Å². The third-order valence-electron chi connectivity index (χ3n) is 8.38. The van der Waals surface area contributed by atoms with E-state index in [0.29, 0.717) is 39.9 Å². The Morgan fingerprint density at radius 2 is 2.10 bits per heavy atom. The number of nitrogens with zero attached hydrogens (tertiary/aromatic N) is 3. The molecule has 2 aromatic rings. The predicted octanol–water partition coefficient (Wildman–Crippen LogP) is 5.53. The number of carbonyl (C=O) groups excluding carboxylic acids is 1. The minimum Gasteiger partial charge on any atom is -0.478 e. The van der Waals surface area contributed by atoms with E-state index < -0.39 is 5.97 Å². The second-order valence-electron chi connectivity index (χ2n) is 10.9. The Morgan fingerprint density at radius 1 is 1.23 bits per heavy atom. The van der Waals surface area contributed by atoms with Crippen molar-refractivity contribution < 1.29 is 14.3 Å². The lowest BCUT2D eigenvalue weighted by atomic mass is 9.54. The first-order valence-electron chi connectivity index (χ1n) is 13.7. The fourth-order valence-corrected chi connectivity index (χ4v) is 6.78. The molecule has 3 bridgehead atoms. The number of anilines is 4. The van der Waals surface area contributed by atoms with E-state index >= 15 is 0 Å². The minimum atomic E-state index is -0.460. The smallest absolute Gasteiger partial charge is 0.330 e. The first-order chi connectivity index (χ1) is 18.9. The Hall–Kier alpha value is -4.24. The number of fused-ring (bicyclic) bond motifs is 2. The zero-order valence-electron chi connectivity index (χ0n) is 22.2. The number of esters is 1. The van der Waals surface area contributed by atoms with Crippen LogP contribution < -0.4 is 21.1 Å². The van der Waals surface area contributed by atoms with Crippen molar-refractivity contribution in [3.05, 3.63) is 41.5 Å². The molecule has 39 heavy (non-hydrogen) atoms. The minimum absolute atomic E-state index is 0.0423. The summed E-state index contributed by atoms with van der Waals surface area (Å²) in [7, 11) is 0. The van der Waals surface area contributed by atoms with Crippen molar-refractivity contribution >= 4 is 35.1 Å². The Balaban J connectivity index is 1.40. The molecule has 3 aliphatic carbocycles. The molecule has 0 amide bonds. The van der Waals surface area contributed by atoms with Gasteiger partial charge in [0.05, 0.1) is 12.3 Å². The topological polar surface area (TPSA) is 146 Å². The summed E-state index contributed by atoms with van der Waals surface area (Å²) in [6, 6.07) is 11.2. The highest BCUT2D eigenvalue weighted by atomic mass is 16.5. The summed E-state index contributed by atoms with van der Waals surface area (Å²) in [5.74, 6) is 3.31. The number of benzene rings is 1. The lowest BCUT2D eigenvalue weighted by Gasteiger charge is -2.55. The van der Waals surface area contributed by atoms with Crippen molar-refractivity contribution in [2.75, 3.05) is 29.6 Å². The molecule has 4 N–H and O–H groups in total. The predicted molar refractivity (Wildman–Crippen MR) is 149 cm³/mol. The van der Waals surface area contributed by atoms with Crippen LogP contribution in [-0.4, -0.2) is 29.7 Å². The molecule has 0 spiro atoms. The van der Waals surface area contributed by atoms with Gasteiger partial charge in [-0.1, -0.05) is 6.42 Å². The van der Waals surface area contributed by atoms with Gasteiger partial charge in [0.15, 0.2) is 6.61 Å². The number of nitrogens with one attached hydrogen (secondary N) is 2. The molecule has 3 fully saturated rings. The molecule has 1 aromatic heterocycles. The van der Waals surface area contributed by atoms with Crippen LogP contribution in [0.4, 0.5) is 23.0 Å². The Labute approximate surface area is 229 Å². The third-order valence-corrected chi connectivity index (χ3v) is 8.38. The van der Waals surface area contributed by atoms with E-state index in [2.05, 4.69) is 16.7 Å². The molecule has 0 saturated heterocycles. The summed E-state index contributed by atoms with van der Waals surface area (Å²) in [5.41, 5.74) is 8.29. The van der Waals surface area contributed by atoms with Crippen molar-refractivity contribution in [1.82, 2.24) is 4.98 Å². The van der Waals surface area contributed by atoms with Crippen LogP contribution in [-0.2, 0) is 9.53 Å². The van der Waals surface area contributed by atoms with Crippen LogP contribution in [0.25, 0.3) is 6.08 Å². The number of hydrogen-bond acceptors (Lipinski definition) is 9. The van der Waals surface area contributed by atoms with Crippen LogP contribution in [0.2, 0.25) is 0 Å². The van der Waals surface area contributed by atoms with E-state index in [9.17, 15) is 10.1 Å². The van der Waals surface area contributed by atoms with Crippen LogP contribution in [0, 0.1) is 40.4 Å². The van der Waals surface area contributed by atoms with E-state index in [4.69, 9.17) is 25.5 Å². The van der Waals surface area contributed by atoms with Crippen molar-refractivity contribution in [2.24, 2.45) is 17.8 Å². The third kappa shape index (κ3) is 5.78. The van der Waals surface area contributed by atoms with Gasteiger partial charge in [0.1, 0.15) is 35.1 Å². The monoisotopic (exact) mass is 526 g/mol. The molecule has 9 nitrogen and oxygen atoms in total. The van der Waals surface area contributed by atoms with Gasteiger partial charge >= 0.3 is 5.97 Å². The van der Waals surface area contributed by atoms with Crippen LogP contribution in [0.5, 0.6) is 5.75 Å². The van der Waals surface area contributed by atoms with Gasteiger partial charge in [-0.15, -0.1) is 0 Å². The lowest BCUT2D eigenvalue weighted by Crippen LogP contribution is -2.53. The van der Waals surface area contributed by atoms with Crippen LogP contribution in [0.3, 0.4) is 0 Å². The summed E-state index contributed by atoms with van der Waals surface area (Å²) in [6.07, 6.45) is 11.4. The summed E-state index contributed by atoms with van der Waals surface area (Å²) in [4.78, 5) is 16.5. The molecule has 5 rings (SSSR count). The highest BCUT2D eigenvalue weighted by Crippen LogP contribution is 2.55. The summed E-state index contributed by atoms with van der Waals surface area (Å²) >= 11 is 0. The summed E-state index contributed by atoms with van der Waals surface area (Å²) in [5, 5.41) is 25.9. The highest BCUT2D eigenvalue weighted by Gasteiger charge is 2.49. The number of rotatable bonds is 9. The summed E-state index contributed by atoms with van der Waals surface area (Å²) in [6.45, 7) is 1.87. The largest absolute Gasteiger partial charge is 0.478 e. The molecule has 1 aromatic carbocycles. The number of nitriles is 2. The van der Waals surface area contributed by atoms with Gasteiger partial charge in [0.2, 0.25) is 0 Å². The van der Waals surface area contributed by atoms with Crippen LogP contribution >= 0.6 is 0 Å². The SMILES string of the molecule is CCOC(=O)/C=C/c1ccc(Nc2cc(N)c(C#N)c(NC34CCC5CCC(CC5C3)C4)n2)cc1OCC#N. The molecule has 4 atom stereocenters. The number of pyridine rings is 1. The molecular weight excluding hydrogens is 492 g/mol. The molecule has 9 heteroatoms. The number of aromatic nitrogens is 1. The molecule has 0 radical (unpaired) electrons. The van der Waals surface area contributed by atoms with E-state index in [-0.39, 0.29) is 18.8 Å². The second kappa shape index (κ2) is 11.2. The molecule has 4 unspecified atom stereocenters. The highest BCUT2D eigenvalue weighted by molar-refractivity contribution is 5.88. The zero-order chi connectivity index (χ0) is 27.4. The van der Waals surface area contributed by atoms with Crippen LogP contribution in [0.15, 0.2) is 30.3 Å². The zero-order valence-corrected chi connectivity index (χ0v) is 22.2. The maximum Gasteiger partial charge on any atom is 0.330 e. The Bertz CT molecular complexity index is 1360. The van der Waals surface area contributed by atoms with Crippen molar-refractivity contribution in [1.29, 1.82) is 10.5 Å². The normalized spacial score (nSPS) is 24.9. The molecular formula is C30H34N6O3. The maximum atomic E-state index is 11.7. The first-order valence-corrected chi connectivity index (χ1v) is 13.7. The van der Waals surface area contributed by atoms with Crippen molar-refractivity contribution in [3.8, 4) is 17.9 Å². The Morgan fingerprint density at radius 3 is 2.90 bits per heavy atom. The fourth-order valence-electron chi connectivity index (χ4n) is 6.78. The fraction of sp³-hybridized carbons (Fsp3) is 0.467. The number of hydrogen-bond donors (Lipinski definition) is 3. The maximum absolute atomic E-state index is 11.7. The molecule has 3 aliphatic rings.